The van der Waals surface area contributed by atoms with Gasteiger partial charge in [-0.1, -0.05) is 24.3 Å². The maximum Gasteiger partial charge on any atom is 0.348 e. The first-order valence-corrected chi connectivity index (χ1v) is 10.8. The summed E-state index contributed by atoms with van der Waals surface area (Å²) in [6.07, 6.45) is 0.120. The van der Waals surface area contributed by atoms with Crippen molar-refractivity contribution in [2.75, 3.05) is 6.61 Å². The molecule has 0 aromatic heterocycles. The second kappa shape index (κ2) is 11.1. The van der Waals surface area contributed by atoms with Gasteiger partial charge in [-0.05, 0) is 41.5 Å². The maximum atomic E-state index is 12.3. The van der Waals surface area contributed by atoms with E-state index in [-0.39, 0.29) is 23.9 Å². The number of carboxylic acids is 1. The molecule has 2 aromatic rings. The van der Waals surface area contributed by atoms with Crippen molar-refractivity contribution < 1.29 is 54.8 Å². The first-order valence-electron chi connectivity index (χ1n) is 10.8. The zero-order valence-corrected chi connectivity index (χ0v) is 18.9. The third-order valence-electron chi connectivity index (χ3n) is 5.63. The summed E-state index contributed by atoms with van der Waals surface area (Å²) in [7, 11) is 0. The highest BCUT2D eigenvalue weighted by Gasteiger charge is 2.53. The molecule has 0 amide bonds. The van der Waals surface area contributed by atoms with Crippen LogP contribution < -0.4 is 0 Å². The van der Waals surface area contributed by atoms with Gasteiger partial charge in [0, 0.05) is 18.9 Å². The average molecular weight is 502 g/mol. The Morgan fingerprint density at radius 1 is 0.861 bits per heavy atom. The number of phenolic OH excluding ortho intramolecular Hbond substituents is 4. The molecule has 11 heteroatoms. The lowest BCUT2D eigenvalue weighted by Crippen LogP contribution is -2.58. The number of rotatable bonds is 8. The van der Waals surface area contributed by atoms with Crippen LogP contribution in [0.1, 0.15) is 24.0 Å². The van der Waals surface area contributed by atoms with Crippen molar-refractivity contribution in [3.8, 4) is 23.0 Å². The summed E-state index contributed by atoms with van der Waals surface area (Å²) < 4.78 is 10.6. The average Bonchev–Trinajstić information content (AvgIpc) is 2.81. The molecule has 2 aromatic carbocycles. The molecule has 1 saturated carbocycles. The van der Waals surface area contributed by atoms with Crippen molar-refractivity contribution in [3.05, 3.63) is 59.7 Å². The molecule has 0 bridgehead atoms. The van der Waals surface area contributed by atoms with Crippen LogP contribution in [-0.4, -0.2) is 78.2 Å². The monoisotopic (exact) mass is 502 g/mol. The van der Waals surface area contributed by atoms with Crippen LogP contribution in [0, 0.1) is 0 Å². The van der Waals surface area contributed by atoms with Crippen LogP contribution in [0.2, 0.25) is 0 Å². The van der Waals surface area contributed by atoms with Gasteiger partial charge in [0.1, 0.15) is 6.10 Å². The fourth-order valence-electron chi connectivity index (χ4n) is 3.80. The first-order chi connectivity index (χ1) is 17.0. The predicted octanol–water partition coefficient (Wildman–Crippen LogP) is 1.50. The number of hydrogen-bond acceptors (Lipinski definition) is 10. The molecule has 0 unspecified atom stereocenters. The minimum atomic E-state index is -2.20. The van der Waals surface area contributed by atoms with E-state index < -0.39 is 54.4 Å². The minimum Gasteiger partial charge on any atom is -0.504 e. The number of aliphatic carboxylic acids is 1. The van der Waals surface area contributed by atoms with Gasteiger partial charge in [0.05, 0.1) is 18.8 Å². The molecule has 192 valence electrons. The summed E-state index contributed by atoms with van der Waals surface area (Å²) in [6.45, 7) is -0.0670. The van der Waals surface area contributed by atoms with Crippen LogP contribution in [0.25, 0.3) is 12.2 Å². The van der Waals surface area contributed by atoms with Gasteiger partial charge in [0.25, 0.3) is 0 Å². The molecule has 1 aliphatic carbocycles. The first kappa shape index (κ1) is 26.5. The molecule has 1 aliphatic rings. The number of esters is 1. The van der Waals surface area contributed by atoms with E-state index in [1.54, 1.807) is 12.1 Å². The number of benzene rings is 2. The van der Waals surface area contributed by atoms with Crippen LogP contribution >= 0.6 is 0 Å². The Hall–Kier alpha value is -4.06. The van der Waals surface area contributed by atoms with Crippen molar-refractivity contribution in [2.45, 2.75) is 36.8 Å². The predicted molar refractivity (Wildman–Crippen MR) is 125 cm³/mol. The van der Waals surface area contributed by atoms with Crippen molar-refractivity contribution in [3.63, 3.8) is 0 Å². The fraction of sp³-hybridized carbons (Fsp3) is 0.280. The summed E-state index contributed by atoms with van der Waals surface area (Å²) in [6, 6.07) is 7.97. The molecule has 3 rings (SSSR count). The highest BCUT2D eigenvalue weighted by molar-refractivity contribution is 5.90. The molecular weight excluding hydrogens is 476 g/mol. The molecule has 7 N–H and O–H groups in total. The van der Waals surface area contributed by atoms with Gasteiger partial charge in [-0.2, -0.15) is 0 Å². The van der Waals surface area contributed by atoms with Gasteiger partial charge >= 0.3 is 11.9 Å². The summed E-state index contributed by atoms with van der Waals surface area (Å²) >= 11 is 0. The van der Waals surface area contributed by atoms with Crippen LogP contribution in [0.5, 0.6) is 23.0 Å². The molecule has 0 spiro atoms. The molecular formula is C25H26O11. The van der Waals surface area contributed by atoms with Gasteiger partial charge in [-0.15, -0.1) is 0 Å². The van der Waals surface area contributed by atoms with Crippen LogP contribution in [0.3, 0.4) is 0 Å². The second-order valence-electron chi connectivity index (χ2n) is 8.29. The zero-order valence-electron chi connectivity index (χ0n) is 18.9. The maximum absolute atomic E-state index is 12.3. The summed E-state index contributed by atoms with van der Waals surface area (Å²) in [5.41, 5.74) is -1.30. The molecule has 0 saturated heterocycles. The number of aromatic hydroxyl groups is 4. The lowest BCUT2D eigenvalue weighted by molar-refractivity contribution is -0.206. The number of aliphatic hydroxyl groups is 2. The number of carboxylic acid groups (broad SMARTS) is 1. The van der Waals surface area contributed by atoms with Gasteiger partial charge in [-0.3, -0.25) is 0 Å². The zero-order chi connectivity index (χ0) is 26.5. The van der Waals surface area contributed by atoms with E-state index in [1.807, 2.05) is 0 Å². The Kier molecular flexibility index (Phi) is 8.20. The van der Waals surface area contributed by atoms with E-state index in [2.05, 4.69) is 0 Å². The SMILES string of the molecule is O=C(/C=C/c1ccc(O)c(O)c1)OC1(C(=O)O)C[C@@H](O)C(OC/C=C/c2ccc(O)c(O)c2)[C@H](O)C1. The number of hydrogen-bond donors (Lipinski definition) is 7. The van der Waals surface area contributed by atoms with Crippen LogP contribution in [0.15, 0.2) is 48.6 Å². The van der Waals surface area contributed by atoms with Gasteiger partial charge in [-0.25, -0.2) is 9.59 Å². The summed E-state index contributed by atoms with van der Waals surface area (Å²) in [4.78, 5) is 24.3. The topological polar surface area (TPSA) is 194 Å². The Morgan fingerprint density at radius 3 is 1.89 bits per heavy atom. The molecule has 11 nitrogen and oxygen atoms in total. The number of phenols is 4. The third-order valence-corrected chi connectivity index (χ3v) is 5.63. The fourth-order valence-corrected chi connectivity index (χ4v) is 3.80. The van der Waals surface area contributed by atoms with Crippen molar-refractivity contribution in [1.82, 2.24) is 0 Å². The Morgan fingerprint density at radius 2 is 1.39 bits per heavy atom. The normalized spacial score (nSPS) is 24.2. The summed E-state index contributed by atoms with van der Waals surface area (Å²) in [5.74, 6) is -3.93. The van der Waals surface area contributed by atoms with E-state index in [0.717, 1.165) is 6.08 Å². The second-order valence-corrected chi connectivity index (χ2v) is 8.29. The quantitative estimate of drug-likeness (QED) is 0.157. The van der Waals surface area contributed by atoms with Crippen LogP contribution in [0.4, 0.5) is 0 Å². The number of ether oxygens (including phenoxy) is 2. The van der Waals surface area contributed by atoms with E-state index in [9.17, 15) is 45.3 Å². The lowest BCUT2D eigenvalue weighted by Gasteiger charge is -2.41. The van der Waals surface area contributed by atoms with Crippen molar-refractivity contribution in [1.29, 1.82) is 0 Å². The van der Waals surface area contributed by atoms with Gasteiger partial charge < -0.3 is 45.2 Å². The van der Waals surface area contributed by atoms with Gasteiger partial charge in [0.15, 0.2) is 23.0 Å². The van der Waals surface area contributed by atoms with E-state index in [0.29, 0.717) is 11.1 Å². The highest BCUT2D eigenvalue weighted by Crippen LogP contribution is 2.35. The van der Waals surface area contributed by atoms with E-state index in [4.69, 9.17) is 9.47 Å². The van der Waals surface area contributed by atoms with E-state index in [1.165, 1.54) is 42.5 Å². The largest absolute Gasteiger partial charge is 0.504 e. The smallest absolute Gasteiger partial charge is 0.348 e. The van der Waals surface area contributed by atoms with Crippen molar-refractivity contribution >= 4 is 24.1 Å². The summed E-state index contributed by atoms with van der Waals surface area (Å²) in [5, 5.41) is 68.4. The molecule has 0 radical (unpaired) electrons. The lowest BCUT2D eigenvalue weighted by atomic mass is 9.79. The molecule has 0 aliphatic heterocycles. The number of carbonyl (C=O) groups is 2. The Labute approximate surface area is 205 Å². The van der Waals surface area contributed by atoms with Crippen molar-refractivity contribution in [2.24, 2.45) is 0 Å². The van der Waals surface area contributed by atoms with Crippen LogP contribution in [-0.2, 0) is 19.1 Å². The molecule has 1 fully saturated rings. The molecule has 0 heterocycles. The third kappa shape index (κ3) is 6.33. The minimum absolute atomic E-state index is 0.0670. The standard InChI is InChI=1S/C25H26O11/c26-16-6-3-14(10-18(16)28)2-1-9-35-23-20(30)12-25(24(33)34,13-21(23)31)36-22(32)8-5-15-4-7-17(27)19(29)11-15/h1-8,10-11,20-21,23,26-31H,9,12-13H2,(H,33,34)/b2-1+,8-5+/t20-,21-,23?,25?/m1/s1. The highest BCUT2D eigenvalue weighted by atomic mass is 16.6. The number of carbonyl (C=O) groups excluding carboxylic acids is 1. The van der Waals surface area contributed by atoms with E-state index >= 15 is 0 Å². The Bertz CT molecular complexity index is 1160. The molecule has 2 atom stereocenters. The number of aliphatic hydroxyl groups excluding tert-OH is 2. The van der Waals surface area contributed by atoms with Gasteiger partial charge in [0.2, 0.25) is 5.60 Å². The Balaban J connectivity index is 1.61. The molecule has 36 heavy (non-hydrogen) atoms.